The van der Waals surface area contributed by atoms with Gasteiger partial charge in [-0.3, -0.25) is 0 Å². The molecule has 0 saturated carbocycles. The average molecular weight is 959 g/mol. The minimum Gasteiger partial charge on any atom is -0.309 e. The molecule has 0 bridgehead atoms. The highest BCUT2D eigenvalue weighted by molar-refractivity contribution is 5.87. The Morgan fingerprint density at radius 1 is 0.243 bits per heavy atom. The van der Waals surface area contributed by atoms with Crippen molar-refractivity contribution in [2.24, 2.45) is 0 Å². The Morgan fingerprint density at radius 2 is 0.541 bits per heavy atom. The molecule has 0 aliphatic rings. The van der Waals surface area contributed by atoms with Gasteiger partial charge in [0, 0.05) is 27.9 Å². The number of rotatable bonds is 12. The fourth-order valence-corrected chi connectivity index (χ4v) is 10.1. The summed E-state index contributed by atoms with van der Waals surface area (Å²) in [5.74, 6) is 2.68. The van der Waals surface area contributed by atoms with Gasteiger partial charge in [0.05, 0.1) is 17.1 Å². The van der Waals surface area contributed by atoms with Crippen molar-refractivity contribution in [3.8, 4) is 67.8 Å². The van der Waals surface area contributed by atoms with Gasteiger partial charge in [-0.1, -0.05) is 193 Å². The highest BCUT2D eigenvalue weighted by atomic mass is 15.4. The summed E-state index contributed by atoms with van der Waals surface area (Å²) in [7, 11) is 0. The number of hydrogen-bond acceptors (Lipinski definition) is 8. The monoisotopic (exact) mass is 958 g/mol. The third-order valence-electron chi connectivity index (χ3n) is 13.2. The molecule has 0 unspecified atom stereocenters. The molecule has 0 spiro atoms. The predicted octanol–water partition coefficient (Wildman–Crippen LogP) is 16.8. The van der Waals surface area contributed by atoms with Crippen LogP contribution in [0.15, 0.2) is 218 Å². The summed E-state index contributed by atoms with van der Waals surface area (Å²) in [4.78, 5) is 36.4. The molecule has 9 aromatic carbocycles. The summed E-state index contributed by atoms with van der Waals surface area (Å²) in [6, 6.07) is 75.2. The Hall–Kier alpha value is -9.40. The maximum Gasteiger partial charge on any atom is 0.241 e. The van der Waals surface area contributed by atoms with Crippen molar-refractivity contribution in [2.75, 3.05) is 9.80 Å². The molecule has 2 heterocycles. The van der Waals surface area contributed by atoms with Gasteiger partial charge in [0.15, 0.2) is 23.3 Å². The fourth-order valence-electron chi connectivity index (χ4n) is 10.1. The summed E-state index contributed by atoms with van der Waals surface area (Å²) in [5.41, 5.74) is 18.6. The van der Waals surface area contributed by atoms with Crippen molar-refractivity contribution < 1.29 is 0 Å². The molecule has 0 N–H and O–H groups in total. The van der Waals surface area contributed by atoms with E-state index in [2.05, 4.69) is 162 Å². The molecule has 0 radical (unpaired) electrons. The zero-order valence-corrected chi connectivity index (χ0v) is 42.4. The van der Waals surface area contributed by atoms with E-state index in [4.69, 9.17) is 29.9 Å². The van der Waals surface area contributed by atoms with Crippen LogP contribution in [0, 0.1) is 41.5 Å². The number of benzene rings is 9. The highest BCUT2D eigenvalue weighted by Gasteiger charge is 2.27. The quantitative estimate of drug-likeness (QED) is 0.120. The second kappa shape index (κ2) is 20.4. The first-order chi connectivity index (χ1) is 36.1. The lowest BCUT2D eigenvalue weighted by atomic mass is 9.96. The van der Waals surface area contributed by atoms with Gasteiger partial charge in [-0.25, -0.2) is 14.9 Å². The lowest BCUT2D eigenvalue weighted by Gasteiger charge is -2.32. The van der Waals surface area contributed by atoms with Crippen LogP contribution in [-0.4, -0.2) is 29.9 Å². The van der Waals surface area contributed by atoms with E-state index in [-0.39, 0.29) is 0 Å². The lowest BCUT2D eigenvalue weighted by molar-refractivity contribution is 0.964. The first-order valence-electron chi connectivity index (χ1n) is 24.9. The van der Waals surface area contributed by atoms with Gasteiger partial charge in [-0.05, 0) is 122 Å². The molecule has 0 amide bonds. The molecule has 8 nitrogen and oxygen atoms in total. The Kier molecular flexibility index (Phi) is 12.9. The second-order valence-corrected chi connectivity index (χ2v) is 18.9. The summed E-state index contributed by atoms with van der Waals surface area (Å²) in [6.07, 6.45) is 0. The van der Waals surface area contributed by atoms with Gasteiger partial charge < -0.3 is 4.90 Å². The second-order valence-electron chi connectivity index (χ2n) is 18.9. The highest BCUT2D eigenvalue weighted by Crippen LogP contribution is 2.45. The number of hydrogen-bond donors (Lipinski definition) is 0. The van der Waals surface area contributed by atoms with E-state index >= 15 is 0 Å². The Morgan fingerprint density at radius 3 is 0.892 bits per heavy atom. The topological polar surface area (TPSA) is 83.8 Å². The molecule has 11 aromatic rings. The lowest BCUT2D eigenvalue weighted by Crippen LogP contribution is -2.20. The average Bonchev–Trinajstić information content (AvgIpc) is 3.43. The molecular formula is C66H54N8. The van der Waals surface area contributed by atoms with Crippen molar-refractivity contribution in [2.45, 2.75) is 41.5 Å². The van der Waals surface area contributed by atoms with Gasteiger partial charge in [-0.15, -0.1) is 0 Å². The molecule has 358 valence electrons. The third kappa shape index (κ3) is 9.69. The van der Waals surface area contributed by atoms with Gasteiger partial charge in [0.2, 0.25) is 11.9 Å². The van der Waals surface area contributed by atoms with E-state index in [1.807, 2.05) is 108 Å². The molecule has 0 aliphatic heterocycles. The van der Waals surface area contributed by atoms with Gasteiger partial charge in [-0.2, -0.15) is 19.9 Å². The first kappa shape index (κ1) is 47.0. The van der Waals surface area contributed by atoms with Crippen molar-refractivity contribution in [1.29, 1.82) is 0 Å². The van der Waals surface area contributed by atoms with E-state index in [9.17, 15) is 0 Å². The number of nitrogens with zero attached hydrogens (tertiary/aromatic N) is 8. The maximum atomic E-state index is 5.51. The molecule has 74 heavy (non-hydrogen) atoms. The van der Waals surface area contributed by atoms with Crippen LogP contribution in [0.1, 0.15) is 33.4 Å². The third-order valence-corrected chi connectivity index (χ3v) is 13.2. The SMILES string of the molecule is Cc1cc(C)c(N(c2cccc(N(c3nc(-c4ccccc4)nc(-c4ccccc4)n3)c3nc(-c4ccccc4)nc(-c4cc(-c5ccccc5)cc(-c5ccccc5)c4)n3)c2)c2c(C)cc(C)cc2C)c(C)c1. The van der Waals surface area contributed by atoms with E-state index in [0.717, 1.165) is 67.3 Å². The Balaban J connectivity index is 1.21. The molecular weight excluding hydrogens is 905 g/mol. The Labute approximate surface area is 433 Å². The van der Waals surface area contributed by atoms with Crippen molar-refractivity contribution in [1.82, 2.24) is 29.9 Å². The predicted molar refractivity (Wildman–Crippen MR) is 304 cm³/mol. The summed E-state index contributed by atoms with van der Waals surface area (Å²) < 4.78 is 0. The van der Waals surface area contributed by atoms with Gasteiger partial charge >= 0.3 is 0 Å². The molecule has 2 aromatic heterocycles. The maximum absolute atomic E-state index is 5.51. The van der Waals surface area contributed by atoms with Gasteiger partial charge in [0.1, 0.15) is 0 Å². The van der Waals surface area contributed by atoms with Crippen molar-refractivity contribution >= 4 is 34.6 Å². The molecule has 0 saturated heterocycles. The van der Waals surface area contributed by atoms with Crippen LogP contribution in [0.3, 0.4) is 0 Å². The Bertz CT molecular complexity index is 3570. The van der Waals surface area contributed by atoms with Gasteiger partial charge in [0.25, 0.3) is 0 Å². The van der Waals surface area contributed by atoms with E-state index < -0.39 is 0 Å². The standard InChI is InChI=1S/C66H54N8/c1-43-35-45(3)59(46(4)36-43)73(60-47(5)37-44(2)38-48(60)6)57-33-22-34-58(42-57)74(65-69-61(51-27-16-9-17-28-51)67-62(70-65)52-29-18-10-19-30-52)66-71-63(53-31-20-11-21-32-53)68-64(72-66)56-40-54(49-23-12-7-13-24-49)39-55(41-56)50-25-14-8-15-26-50/h7-42H,1-6H3. The zero-order chi connectivity index (χ0) is 50.7. The van der Waals surface area contributed by atoms with Crippen LogP contribution in [0.2, 0.25) is 0 Å². The smallest absolute Gasteiger partial charge is 0.241 e. The molecule has 0 fully saturated rings. The minimum atomic E-state index is 0.332. The number of aryl methyl sites for hydroxylation is 6. The molecule has 0 aliphatic carbocycles. The van der Waals surface area contributed by atoms with E-state index in [1.165, 1.54) is 33.4 Å². The van der Waals surface area contributed by atoms with Crippen LogP contribution in [0.4, 0.5) is 34.6 Å². The molecule has 8 heteroatoms. The zero-order valence-electron chi connectivity index (χ0n) is 42.4. The van der Waals surface area contributed by atoms with Crippen LogP contribution in [-0.2, 0) is 0 Å². The first-order valence-corrected chi connectivity index (χ1v) is 24.9. The van der Waals surface area contributed by atoms with Crippen LogP contribution in [0.5, 0.6) is 0 Å². The van der Waals surface area contributed by atoms with Crippen LogP contribution >= 0.6 is 0 Å². The number of aromatic nitrogens is 6. The minimum absolute atomic E-state index is 0.332. The summed E-state index contributed by atoms with van der Waals surface area (Å²) in [5, 5.41) is 0. The fraction of sp³-hybridized carbons (Fsp3) is 0.0909. The van der Waals surface area contributed by atoms with E-state index in [0.29, 0.717) is 35.2 Å². The summed E-state index contributed by atoms with van der Waals surface area (Å²) in [6.45, 7) is 13.1. The molecule has 11 rings (SSSR count). The van der Waals surface area contributed by atoms with E-state index in [1.54, 1.807) is 0 Å². The number of anilines is 6. The van der Waals surface area contributed by atoms with Crippen molar-refractivity contribution in [3.63, 3.8) is 0 Å². The van der Waals surface area contributed by atoms with Crippen molar-refractivity contribution in [3.05, 3.63) is 252 Å². The normalized spacial score (nSPS) is 11.1. The molecule has 0 atom stereocenters. The largest absolute Gasteiger partial charge is 0.309 e. The van der Waals surface area contributed by atoms with Crippen LogP contribution < -0.4 is 9.80 Å². The summed E-state index contributed by atoms with van der Waals surface area (Å²) >= 11 is 0. The van der Waals surface area contributed by atoms with Crippen LogP contribution in [0.25, 0.3) is 67.8 Å².